The summed E-state index contributed by atoms with van der Waals surface area (Å²) in [5.41, 5.74) is 0.607. The van der Waals surface area contributed by atoms with E-state index in [0.717, 1.165) is 0 Å². The molecule has 1 aromatic carbocycles. The van der Waals surface area contributed by atoms with Crippen molar-refractivity contribution in [3.63, 3.8) is 0 Å². The van der Waals surface area contributed by atoms with E-state index in [1.54, 1.807) is 13.0 Å². The molecule has 0 unspecified atom stereocenters. The molecule has 0 aliphatic carbocycles. The molecular formula is C9H11NO3. The number of carbonyl (C=O) groups is 1. The highest BCUT2D eigenvalue weighted by atomic mass is 16.3. The Hall–Kier alpha value is -1.71. The Kier molecular flexibility index (Phi) is 2.41. The predicted octanol–water partition coefficient (Wildman–Crippen LogP) is 0.766. The van der Waals surface area contributed by atoms with E-state index in [1.807, 2.05) is 0 Å². The molecule has 0 aliphatic rings. The zero-order valence-corrected chi connectivity index (χ0v) is 7.46. The second-order valence-corrected chi connectivity index (χ2v) is 2.71. The van der Waals surface area contributed by atoms with Crippen LogP contribution >= 0.6 is 0 Å². The molecule has 0 saturated carbocycles. The van der Waals surface area contributed by atoms with Crippen molar-refractivity contribution < 1.29 is 15.0 Å². The van der Waals surface area contributed by atoms with E-state index in [0.29, 0.717) is 5.56 Å². The molecule has 0 heterocycles. The highest BCUT2D eigenvalue weighted by Crippen LogP contribution is 2.31. The minimum atomic E-state index is -0.423. The summed E-state index contributed by atoms with van der Waals surface area (Å²) in [6, 6.07) is 3.03. The van der Waals surface area contributed by atoms with Crippen LogP contribution in [0.15, 0.2) is 12.1 Å². The monoisotopic (exact) mass is 181 g/mol. The molecule has 0 bridgehead atoms. The third kappa shape index (κ3) is 1.56. The third-order valence-corrected chi connectivity index (χ3v) is 1.82. The van der Waals surface area contributed by atoms with E-state index in [9.17, 15) is 15.0 Å². The Morgan fingerprint density at radius 3 is 2.46 bits per heavy atom. The highest BCUT2D eigenvalue weighted by molar-refractivity contribution is 5.97. The topological polar surface area (TPSA) is 69.6 Å². The summed E-state index contributed by atoms with van der Waals surface area (Å²) in [5.74, 6) is -1.05. The van der Waals surface area contributed by atoms with Gasteiger partial charge in [-0.25, -0.2) is 0 Å². The zero-order chi connectivity index (χ0) is 10.0. The number of hydrogen-bond donors (Lipinski definition) is 3. The Morgan fingerprint density at radius 2 is 1.92 bits per heavy atom. The maximum atomic E-state index is 11.1. The first-order valence-electron chi connectivity index (χ1n) is 3.81. The summed E-state index contributed by atoms with van der Waals surface area (Å²) in [7, 11) is 1.46. The molecule has 0 aromatic heterocycles. The van der Waals surface area contributed by atoms with Gasteiger partial charge in [-0.05, 0) is 18.6 Å². The molecule has 0 atom stereocenters. The minimum Gasteiger partial charge on any atom is -0.504 e. The standard InChI is InChI=1S/C9H11NO3/c1-5-3-4-6(9(13)10-2)8(12)7(5)11/h3-4,11-12H,1-2H3,(H,10,13). The number of amides is 1. The SMILES string of the molecule is CNC(=O)c1ccc(C)c(O)c1O. The molecule has 70 valence electrons. The highest BCUT2D eigenvalue weighted by Gasteiger charge is 2.13. The number of aryl methyl sites for hydroxylation is 1. The summed E-state index contributed by atoms with van der Waals surface area (Å²) in [6.45, 7) is 1.64. The summed E-state index contributed by atoms with van der Waals surface area (Å²) < 4.78 is 0. The van der Waals surface area contributed by atoms with Crippen LogP contribution in [0, 0.1) is 6.92 Å². The second kappa shape index (κ2) is 3.35. The Morgan fingerprint density at radius 1 is 1.31 bits per heavy atom. The van der Waals surface area contributed by atoms with Crippen LogP contribution in [0.25, 0.3) is 0 Å². The van der Waals surface area contributed by atoms with Crippen LogP contribution in [0.4, 0.5) is 0 Å². The largest absolute Gasteiger partial charge is 0.504 e. The molecule has 0 saturated heterocycles. The van der Waals surface area contributed by atoms with Gasteiger partial charge in [0.1, 0.15) is 0 Å². The molecule has 0 aliphatic heterocycles. The summed E-state index contributed by atoms with van der Waals surface area (Å²) in [5, 5.41) is 21.0. The van der Waals surface area contributed by atoms with Crippen LogP contribution in [0.2, 0.25) is 0 Å². The van der Waals surface area contributed by atoms with Crippen molar-refractivity contribution in [3.8, 4) is 11.5 Å². The van der Waals surface area contributed by atoms with Crippen LogP contribution in [-0.2, 0) is 0 Å². The Labute approximate surface area is 75.8 Å². The summed E-state index contributed by atoms with van der Waals surface area (Å²) >= 11 is 0. The maximum absolute atomic E-state index is 11.1. The lowest BCUT2D eigenvalue weighted by Crippen LogP contribution is -2.17. The molecule has 13 heavy (non-hydrogen) atoms. The lowest BCUT2D eigenvalue weighted by molar-refractivity contribution is 0.0960. The van der Waals surface area contributed by atoms with Gasteiger partial charge in [-0.2, -0.15) is 0 Å². The van der Waals surface area contributed by atoms with Crippen LogP contribution in [0.5, 0.6) is 11.5 Å². The molecule has 1 rings (SSSR count). The van der Waals surface area contributed by atoms with Crippen LogP contribution in [0.3, 0.4) is 0 Å². The van der Waals surface area contributed by atoms with Crippen molar-refractivity contribution in [2.45, 2.75) is 6.92 Å². The van der Waals surface area contributed by atoms with Crippen molar-refractivity contribution >= 4 is 5.91 Å². The summed E-state index contributed by atoms with van der Waals surface area (Å²) in [6.07, 6.45) is 0. The molecule has 0 spiro atoms. The first-order valence-corrected chi connectivity index (χ1v) is 3.81. The fraction of sp³-hybridized carbons (Fsp3) is 0.222. The van der Waals surface area contributed by atoms with Crippen LogP contribution in [0.1, 0.15) is 15.9 Å². The van der Waals surface area contributed by atoms with Crippen LogP contribution < -0.4 is 5.32 Å². The van der Waals surface area contributed by atoms with E-state index in [-0.39, 0.29) is 17.1 Å². The van der Waals surface area contributed by atoms with Gasteiger partial charge in [-0.3, -0.25) is 4.79 Å². The lowest BCUT2D eigenvalue weighted by atomic mass is 10.1. The van der Waals surface area contributed by atoms with Gasteiger partial charge in [0.25, 0.3) is 5.91 Å². The normalized spacial score (nSPS) is 9.69. The zero-order valence-electron chi connectivity index (χ0n) is 7.46. The first-order chi connectivity index (χ1) is 6.07. The number of aromatic hydroxyl groups is 2. The van der Waals surface area contributed by atoms with Crippen molar-refractivity contribution in [3.05, 3.63) is 23.3 Å². The predicted molar refractivity (Wildman–Crippen MR) is 47.9 cm³/mol. The van der Waals surface area contributed by atoms with Gasteiger partial charge in [0.05, 0.1) is 5.56 Å². The fourth-order valence-electron chi connectivity index (χ4n) is 0.998. The smallest absolute Gasteiger partial charge is 0.254 e. The molecule has 3 N–H and O–H groups in total. The van der Waals surface area contributed by atoms with E-state index < -0.39 is 5.91 Å². The van der Waals surface area contributed by atoms with E-state index in [4.69, 9.17) is 0 Å². The van der Waals surface area contributed by atoms with E-state index in [1.165, 1.54) is 13.1 Å². The number of benzene rings is 1. The Bertz CT molecular complexity index is 347. The first kappa shape index (κ1) is 9.38. The van der Waals surface area contributed by atoms with Gasteiger partial charge >= 0.3 is 0 Å². The molecular weight excluding hydrogens is 170 g/mol. The summed E-state index contributed by atoms with van der Waals surface area (Å²) in [4.78, 5) is 11.1. The quantitative estimate of drug-likeness (QED) is 0.560. The Balaban J connectivity index is 3.26. The van der Waals surface area contributed by atoms with E-state index in [2.05, 4.69) is 5.32 Å². The number of rotatable bonds is 1. The molecule has 1 aromatic rings. The molecule has 4 nitrogen and oxygen atoms in total. The third-order valence-electron chi connectivity index (χ3n) is 1.82. The van der Waals surface area contributed by atoms with Gasteiger partial charge in [-0.15, -0.1) is 0 Å². The average molecular weight is 181 g/mol. The van der Waals surface area contributed by atoms with Crippen molar-refractivity contribution in [2.75, 3.05) is 7.05 Å². The number of phenols is 2. The number of hydrogen-bond acceptors (Lipinski definition) is 3. The average Bonchev–Trinajstić information content (AvgIpc) is 2.13. The molecule has 1 amide bonds. The van der Waals surface area contributed by atoms with Crippen molar-refractivity contribution in [1.29, 1.82) is 0 Å². The van der Waals surface area contributed by atoms with Crippen molar-refractivity contribution in [1.82, 2.24) is 5.32 Å². The molecule has 0 radical (unpaired) electrons. The fourth-order valence-corrected chi connectivity index (χ4v) is 0.998. The lowest BCUT2D eigenvalue weighted by Gasteiger charge is -2.06. The van der Waals surface area contributed by atoms with Gasteiger partial charge in [-0.1, -0.05) is 6.07 Å². The molecule has 4 heteroatoms. The molecule has 0 fully saturated rings. The number of carbonyl (C=O) groups excluding carboxylic acids is 1. The van der Waals surface area contributed by atoms with Gasteiger partial charge in [0, 0.05) is 7.05 Å². The minimum absolute atomic E-state index is 0.0746. The van der Waals surface area contributed by atoms with Crippen LogP contribution in [-0.4, -0.2) is 23.2 Å². The van der Waals surface area contributed by atoms with Gasteiger partial charge < -0.3 is 15.5 Å². The van der Waals surface area contributed by atoms with Gasteiger partial charge in [0.15, 0.2) is 11.5 Å². The number of nitrogens with one attached hydrogen (secondary N) is 1. The van der Waals surface area contributed by atoms with E-state index >= 15 is 0 Å². The number of phenolic OH excluding ortho intramolecular Hbond substituents is 2. The second-order valence-electron chi connectivity index (χ2n) is 2.71. The maximum Gasteiger partial charge on any atom is 0.254 e. The van der Waals surface area contributed by atoms with Gasteiger partial charge in [0.2, 0.25) is 0 Å². The van der Waals surface area contributed by atoms with Crippen molar-refractivity contribution in [2.24, 2.45) is 0 Å².